The highest BCUT2D eigenvalue weighted by atomic mass is 16.5. The smallest absolute Gasteiger partial charge is 0.290 e. The molecule has 7 heteroatoms. The summed E-state index contributed by atoms with van der Waals surface area (Å²) in [7, 11) is 0. The molecule has 5 rings (SSSR count). The Labute approximate surface area is 198 Å². The third kappa shape index (κ3) is 4.21. The van der Waals surface area contributed by atoms with Crippen LogP contribution in [0.15, 0.2) is 51.7 Å². The van der Waals surface area contributed by atoms with Gasteiger partial charge in [-0.25, -0.2) is 0 Å². The molecular formula is C27H30N2O5. The fraction of sp³-hybridized carbons (Fsp3) is 0.407. The number of hydrogen-bond acceptors (Lipinski definition) is 6. The quantitative estimate of drug-likeness (QED) is 0.532. The Balaban J connectivity index is 1.52. The molecule has 3 aromatic rings. The molecule has 1 aromatic heterocycles. The maximum absolute atomic E-state index is 13.7. The fourth-order valence-corrected chi connectivity index (χ4v) is 4.91. The first-order valence-corrected chi connectivity index (χ1v) is 12.0. The van der Waals surface area contributed by atoms with Crippen molar-refractivity contribution in [3.63, 3.8) is 0 Å². The molecule has 0 bridgehead atoms. The molecule has 0 saturated carbocycles. The van der Waals surface area contributed by atoms with Crippen LogP contribution in [-0.4, -0.2) is 61.7 Å². The van der Waals surface area contributed by atoms with Crippen molar-refractivity contribution < 1.29 is 18.7 Å². The number of nitrogens with zero attached hydrogens (tertiary/aromatic N) is 2. The van der Waals surface area contributed by atoms with Crippen LogP contribution in [0, 0.1) is 6.92 Å². The molecule has 2 aromatic carbocycles. The van der Waals surface area contributed by atoms with Gasteiger partial charge in [-0.1, -0.05) is 23.8 Å². The number of ether oxygens (including phenoxy) is 2. The first kappa shape index (κ1) is 22.6. The summed E-state index contributed by atoms with van der Waals surface area (Å²) >= 11 is 0. The number of carbonyl (C=O) groups is 1. The van der Waals surface area contributed by atoms with Crippen LogP contribution in [0.1, 0.15) is 46.6 Å². The molecule has 1 amide bonds. The summed E-state index contributed by atoms with van der Waals surface area (Å²) in [5, 5.41) is 0.512. The second-order valence-electron chi connectivity index (χ2n) is 8.88. The van der Waals surface area contributed by atoms with Gasteiger partial charge < -0.3 is 18.8 Å². The van der Waals surface area contributed by atoms with Crippen LogP contribution >= 0.6 is 0 Å². The van der Waals surface area contributed by atoms with Gasteiger partial charge in [-0.15, -0.1) is 0 Å². The molecule has 34 heavy (non-hydrogen) atoms. The van der Waals surface area contributed by atoms with E-state index in [0.717, 1.165) is 56.1 Å². The number of hydrogen-bond donors (Lipinski definition) is 0. The molecule has 1 atom stereocenters. The maximum Gasteiger partial charge on any atom is 0.290 e. The second-order valence-corrected chi connectivity index (χ2v) is 8.88. The molecule has 0 unspecified atom stereocenters. The molecule has 7 nitrogen and oxygen atoms in total. The van der Waals surface area contributed by atoms with Crippen molar-refractivity contribution in [1.29, 1.82) is 0 Å². The van der Waals surface area contributed by atoms with E-state index >= 15 is 0 Å². The van der Waals surface area contributed by atoms with E-state index < -0.39 is 6.04 Å². The summed E-state index contributed by atoms with van der Waals surface area (Å²) in [6.07, 6.45) is 0.806. The molecule has 0 aliphatic carbocycles. The number of morpholine rings is 1. The number of amides is 1. The van der Waals surface area contributed by atoms with Gasteiger partial charge in [0, 0.05) is 26.2 Å². The molecule has 1 saturated heterocycles. The monoisotopic (exact) mass is 462 g/mol. The van der Waals surface area contributed by atoms with Crippen LogP contribution in [0.2, 0.25) is 0 Å². The van der Waals surface area contributed by atoms with Crippen molar-refractivity contribution in [2.24, 2.45) is 0 Å². The number of fused-ring (bicyclic) bond motifs is 2. The van der Waals surface area contributed by atoms with Gasteiger partial charge in [0.25, 0.3) is 5.91 Å². The van der Waals surface area contributed by atoms with Crippen LogP contribution in [0.4, 0.5) is 0 Å². The predicted molar refractivity (Wildman–Crippen MR) is 130 cm³/mol. The minimum atomic E-state index is -0.482. The molecule has 1 fully saturated rings. The van der Waals surface area contributed by atoms with E-state index in [2.05, 4.69) is 4.90 Å². The fourth-order valence-electron chi connectivity index (χ4n) is 4.91. The highest BCUT2D eigenvalue weighted by Gasteiger charge is 2.42. The van der Waals surface area contributed by atoms with E-state index in [9.17, 15) is 9.59 Å². The Bertz CT molecular complexity index is 1240. The molecular weight excluding hydrogens is 432 g/mol. The summed E-state index contributed by atoms with van der Waals surface area (Å²) in [6.45, 7) is 9.17. The lowest BCUT2D eigenvalue weighted by Crippen LogP contribution is -2.38. The normalized spacial score (nSPS) is 18.5. The van der Waals surface area contributed by atoms with Crippen molar-refractivity contribution in [2.75, 3.05) is 46.0 Å². The van der Waals surface area contributed by atoms with Crippen LogP contribution in [0.3, 0.4) is 0 Å². The Morgan fingerprint density at radius 1 is 1.03 bits per heavy atom. The van der Waals surface area contributed by atoms with Gasteiger partial charge in [-0.3, -0.25) is 14.5 Å². The molecule has 3 heterocycles. The lowest BCUT2D eigenvalue weighted by molar-refractivity contribution is 0.0353. The summed E-state index contributed by atoms with van der Waals surface area (Å²) in [5.41, 5.74) is 2.59. The minimum absolute atomic E-state index is 0.136. The van der Waals surface area contributed by atoms with Gasteiger partial charge in [0.05, 0.1) is 36.8 Å². The van der Waals surface area contributed by atoms with Crippen LogP contribution in [0.5, 0.6) is 5.75 Å². The van der Waals surface area contributed by atoms with Crippen LogP contribution < -0.4 is 10.2 Å². The van der Waals surface area contributed by atoms with E-state index in [0.29, 0.717) is 29.7 Å². The van der Waals surface area contributed by atoms with Gasteiger partial charge >= 0.3 is 0 Å². The first-order valence-electron chi connectivity index (χ1n) is 12.0. The Morgan fingerprint density at radius 3 is 2.53 bits per heavy atom. The minimum Gasteiger partial charge on any atom is -0.494 e. The summed E-state index contributed by atoms with van der Waals surface area (Å²) in [5.74, 6) is 0.692. The standard InChI is InChI=1S/C27H30N2O5/c1-3-33-20-8-6-19(7-9-20)24-23-25(30)21-17-18(2)5-10-22(21)34-26(23)27(31)29(24)12-4-11-28-13-15-32-16-14-28/h5-10,17,24H,3-4,11-16H2,1-2H3/t24-/m0/s1. The number of rotatable bonds is 7. The van der Waals surface area contributed by atoms with Crippen molar-refractivity contribution in [3.8, 4) is 5.75 Å². The van der Waals surface area contributed by atoms with Gasteiger partial charge in [0.15, 0.2) is 5.43 Å². The SMILES string of the molecule is CCOc1ccc([C@H]2c3c(oc4ccc(C)cc4c3=O)C(=O)N2CCCN2CCOCC2)cc1. The molecule has 0 spiro atoms. The number of carbonyl (C=O) groups excluding carboxylic acids is 1. The van der Waals surface area contributed by atoms with Gasteiger partial charge in [0.1, 0.15) is 11.3 Å². The number of aryl methyl sites for hydroxylation is 1. The van der Waals surface area contributed by atoms with E-state index in [4.69, 9.17) is 13.9 Å². The third-order valence-corrected chi connectivity index (χ3v) is 6.61. The zero-order chi connectivity index (χ0) is 23.7. The molecule has 178 valence electrons. The van der Waals surface area contributed by atoms with Crippen molar-refractivity contribution in [3.05, 3.63) is 75.1 Å². The Morgan fingerprint density at radius 2 is 1.79 bits per heavy atom. The Kier molecular flexibility index (Phi) is 6.39. The van der Waals surface area contributed by atoms with E-state index in [1.165, 1.54) is 0 Å². The highest BCUT2D eigenvalue weighted by Crippen LogP contribution is 2.38. The lowest BCUT2D eigenvalue weighted by atomic mass is 9.98. The van der Waals surface area contributed by atoms with Crippen LogP contribution in [-0.2, 0) is 4.74 Å². The van der Waals surface area contributed by atoms with E-state index in [1.807, 2.05) is 50.2 Å². The molecule has 2 aliphatic rings. The summed E-state index contributed by atoms with van der Waals surface area (Å²) < 4.78 is 17.1. The third-order valence-electron chi connectivity index (χ3n) is 6.61. The van der Waals surface area contributed by atoms with Crippen molar-refractivity contribution in [1.82, 2.24) is 9.80 Å². The van der Waals surface area contributed by atoms with E-state index in [1.54, 1.807) is 11.0 Å². The van der Waals surface area contributed by atoms with Gasteiger partial charge in [0.2, 0.25) is 5.76 Å². The topological polar surface area (TPSA) is 72.2 Å². The van der Waals surface area contributed by atoms with E-state index in [-0.39, 0.29) is 17.1 Å². The number of benzene rings is 2. The first-order chi connectivity index (χ1) is 16.6. The largest absolute Gasteiger partial charge is 0.494 e. The molecule has 0 radical (unpaired) electrons. The molecule has 0 N–H and O–H groups in total. The van der Waals surface area contributed by atoms with Gasteiger partial charge in [-0.2, -0.15) is 0 Å². The predicted octanol–water partition coefficient (Wildman–Crippen LogP) is 3.77. The maximum atomic E-state index is 13.7. The molecule has 2 aliphatic heterocycles. The van der Waals surface area contributed by atoms with Crippen molar-refractivity contribution >= 4 is 16.9 Å². The van der Waals surface area contributed by atoms with Crippen molar-refractivity contribution in [2.45, 2.75) is 26.3 Å². The average molecular weight is 463 g/mol. The summed E-state index contributed by atoms with van der Waals surface area (Å²) in [4.78, 5) is 31.3. The zero-order valence-electron chi connectivity index (χ0n) is 19.7. The highest BCUT2D eigenvalue weighted by molar-refractivity contribution is 5.99. The zero-order valence-corrected chi connectivity index (χ0v) is 19.7. The van der Waals surface area contributed by atoms with Gasteiger partial charge in [-0.05, 0) is 50.1 Å². The lowest BCUT2D eigenvalue weighted by Gasteiger charge is -2.29. The Hall–Kier alpha value is -3.16. The second kappa shape index (κ2) is 9.60. The van der Waals surface area contributed by atoms with Crippen LogP contribution in [0.25, 0.3) is 11.0 Å². The average Bonchev–Trinajstić information content (AvgIpc) is 3.13. The summed E-state index contributed by atoms with van der Waals surface area (Å²) in [6, 6.07) is 12.7.